The highest BCUT2D eigenvalue weighted by molar-refractivity contribution is 5.87. The summed E-state index contributed by atoms with van der Waals surface area (Å²) in [6.07, 6.45) is -0.376. The van der Waals surface area contributed by atoms with Crippen molar-refractivity contribution in [2.24, 2.45) is 0 Å². The smallest absolute Gasteiger partial charge is 0.335 e. The third kappa shape index (κ3) is 3.95. The van der Waals surface area contributed by atoms with E-state index in [1.165, 1.54) is 12.1 Å². The monoisotopic (exact) mass is 276 g/mol. The Morgan fingerprint density at radius 3 is 3.20 bits per heavy atom. The molecule has 106 valence electrons. The van der Waals surface area contributed by atoms with E-state index in [-0.39, 0.29) is 11.7 Å². The summed E-state index contributed by atoms with van der Waals surface area (Å²) in [7, 11) is 0. The Kier molecular flexibility index (Phi) is 4.93. The molecule has 1 aliphatic heterocycles. The summed E-state index contributed by atoms with van der Waals surface area (Å²) in [6.45, 7) is 3.03. The number of ether oxygens (including phenoxy) is 2. The predicted octanol–water partition coefficient (Wildman–Crippen LogP) is 0.988. The molecule has 0 saturated carbocycles. The number of nitriles is 1. The number of hydrogen-bond donors (Lipinski definition) is 1. The lowest BCUT2D eigenvalue weighted by Crippen LogP contribution is -2.43. The van der Waals surface area contributed by atoms with Crippen molar-refractivity contribution in [1.82, 2.24) is 4.90 Å². The first-order valence-corrected chi connectivity index (χ1v) is 6.39. The van der Waals surface area contributed by atoms with Crippen LogP contribution in [0.5, 0.6) is 5.75 Å². The van der Waals surface area contributed by atoms with Gasteiger partial charge in [-0.2, -0.15) is 5.26 Å². The van der Waals surface area contributed by atoms with Gasteiger partial charge in [0.05, 0.1) is 18.2 Å². The lowest BCUT2D eigenvalue weighted by Gasteiger charge is -2.29. The number of morpholine rings is 1. The topological polar surface area (TPSA) is 82.8 Å². The van der Waals surface area contributed by atoms with Gasteiger partial charge in [0.25, 0.3) is 0 Å². The van der Waals surface area contributed by atoms with Crippen molar-refractivity contribution in [2.45, 2.75) is 6.10 Å². The second kappa shape index (κ2) is 6.89. The van der Waals surface area contributed by atoms with Gasteiger partial charge in [0, 0.05) is 19.6 Å². The second-order valence-electron chi connectivity index (χ2n) is 4.47. The maximum Gasteiger partial charge on any atom is 0.335 e. The zero-order valence-corrected chi connectivity index (χ0v) is 11.0. The molecule has 1 unspecified atom stereocenters. The van der Waals surface area contributed by atoms with E-state index >= 15 is 0 Å². The van der Waals surface area contributed by atoms with E-state index in [0.717, 1.165) is 6.54 Å². The molecule has 0 bridgehead atoms. The molecule has 1 N–H and O–H groups in total. The van der Waals surface area contributed by atoms with Crippen LogP contribution in [0.15, 0.2) is 24.3 Å². The Bertz CT molecular complexity index is 512. The van der Waals surface area contributed by atoms with Crippen LogP contribution in [0.1, 0.15) is 10.4 Å². The Hall–Kier alpha value is -2.10. The van der Waals surface area contributed by atoms with E-state index < -0.39 is 5.97 Å². The molecule has 0 aliphatic carbocycles. The maximum atomic E-state index is 10.8. The van der Waals surface area contributed by atoms with Crippen molar-refractivity contribution < 1.29 is 19.4 Å². The number of rotatable bonds is 5. The molecule has 0 aromatic heterocycles. The van der Waals surface area contributed by atoms with Gasteiger partial charge in [-0.25, -0.2) is 4.79 Å². The van der Waals surface area contributed by atoms with Crippen molar-refractivity contribution in [2.75, 3.05) is 32.8 Å². The van der Waals surface area contributed by atoms with Gasteiger partial charge in [-0.1, -0.05) is 6.07 Å². The molecule has 1 fully saturated rings. The lowest BCUT2D eigenvalue weighted by molar-refractivity contribution is -0.00335. The molecule has 1 atom stereocenters. The highest BCUT2D eigenvalue weighted by Gasteiger charge is 2.19. The third-order valence-electron chi connectivity index (χ3n) is 3.05. The average Bonchev–Trinajstić information content (AvgIpc) is 2.48. The zero-order chi connectivity index (χ0) is 14.4. The van der Waals surface area contributed by atoms with Gasteiger partial charge in [0.2, 0.25) is 0 Å². The minimum atomic E-state index is -0.972. The van der Waals surface area contributed by atoms with Crippen LogP contribution in [0.3, 0.4) is 0 Å². The minimum absolute atomic E-state index is 0.207. The van der Waals surface area contributed by atoms with E-state index in [1.54, 1.807) is 12.1 Å². The Balaban J connectivity index is 1.79. The van der Waals surface area contributed by atoms with Crippen LogP contribution >= 0.6 is 0 Å². The van der Waals surface area contributed by atoms with E-state index in [1.807, 2.05) is 0 Å². The van der Waals surface area contributed by atoms with Crippen LogP contribution in [0.4, 0.5) is 0 Å². The van der Waals surface area contributed by atoms with Crippen LogP contribution < -0.4 is 4.74 Å². The van der Waals surface area contributed by atoms with Gasteiger partial charge in [-0.05, 0) is 18.2 Å². The van der Waals surface area contributed by atoms with Crippen molar-refractivity contribution in [1.29, 1.82) is 5.26 Å². The summed E-state index contributed by atoms with van der Waals surface area (Å²) < 4.78 is 10.8. The summed E-state index contributed by atoms with van der Waals surface area (Å²) >= 11 is 0. The molecular weight excluding hydrogens is 260 g/mol. The lowest BCUT2D eigenvalue weighted by atomic mass is 10.2. The van der Waals surface area contributed by atoms with E-state index in [9.17, 15) is 4.79 Å². The van der Waals surface area contributed by atoms with Crippen molar-refractivity contribution in [3.63, 3.8) is 0 Å². The number of carboxylic acids is 1. The molecule has 0 amide bonds. The normalized spacial score (nSPS) is 19.2. The molecule has 6 heteroatoms. The summed E-state index contributed by atoms with van der Waals surface area (Å²) in [5, 5.41) is 17.7. The maximum absolute atomic E-state index is 10.8. The highest BCUT2D eigenvalue weighted by Crippen LogP contribution is 2.13. The molecule has 6 nitrogen and oxygen atoms in total. The van der Waals surface area contributed by atoms with Crippen molar-refractivity contribution in [3.8, 4) is 11.8 Å². The summed E-state index contributed by atoms with van der Waals surface area (Å²) in [4.78, 5) is 12.9. The third-order valence-corrected chi connectivity index (χ3v) is 3.05. The summed E-state index contributed by atoms with van der Waals surface area (Å²) in [6, 6.07) is 8.49. The van der Waals surface area contributed by atoms with Crippen LogP contribution in [0, 0.1) is 11.3 Å². The molecule has 1 saturated heterocycles. The minimum Gasteiger partial charge on any atom is -0.492 e. The van der Waals surface area contributed by atoms with Crippen LogP contribution in [-0.4, -0.2) is 54.9 Å². The van der Waals surface area contributed by atoms with Gasteiger partial charge in [0.15, 0.2) is 6.10 Å². The Morgan fingerprint density at radius 2 is 2.45 bits per heavy atom. The molecule has 1 aromatic carbocycles. The largest absolute Gasteiger partial charge is 0.492 e. The molecule has 2 rings (SSSR count). The molecule has 0 spiro atoms. The molecule has 20 heavy (non-hydrogen) atoms. The summed E-state index contributed by atoms with van der Waals surface area (Å²) in [5.74, 6) is -0.435. The molecule has 0 radical (unpaired) electrons. The van der Waals surface area contributed by atoms with Crippen molar-refractivity contribution in [3.05, 3.63) is 29.8 Å². The van der Waals surface area contributed by atoms with E-state index in [2.05, 4.69) is 11.0 Å². The molecule has 1 aliphatic rings. The number of carbonyl (C=O) groups is 1. The molecule has 1 heterocycles. The number of nitrogens with zero attached hydrogens (tertiary/aromatic N) is 2. The second-order valence-corrected chi connectivity index (χ2v) is 4.47. The van der Waals surface area contributed by atoms with E-state index in [0.29, 0.717) is 32.1 Å². The standard InChI is InChI=1S/C14H16N2O4/c15-9-13-10-16(5-7-20-13)4-6-19-12-3-1-2-11(8-12)14(17)18/h1-3,8,13H,4-7,10H2,(H,17,18). The molecular formula is C14H16N2O4. The van der Waals surface area contributed by atoms with Gasteiger partial charge in [0.1, 0.15) is 12.4 Å². The van der Waals surface area contributed by atoms with Gasteiger partial charge in [-0.15, -0.1) is 0 Å². The summed E-state index contributed by atoms with van der Waals surface area (Å²) in [5.41, 5.74) is 0.207. The fourth-order valence-corrected chi connectivity index (χ4v) is 2.00. The van der Waals surface area contributed by atoms with Crippen molar-refractivity contribution >= 4 is 5.97 Å². The van der Waals surface area contributed by atoms with E-state index in [4.69, 9.17) is 19.8 Å². The average molecular weight is 276 g/mol. The Morgan fingerprint density at radius 1 is 1.60 bits per heavy atom. The quantitative estimate of drug-likeness (QED) is 0.863. The van der Waals surface area contributed by atoms with Crippen LogP contribution in [0.2, 0.25) is 0 Å². The predicted molar refractivity (Wildman–Crippen MR) is 70.7 cm³/mol. The first-order chi connectivity index (χ1) is 9.69. The molecule has 1 aromatic rings. The highest BCUT2D eigenvalue weighted by atomic mass is 16.5. The first-order valence-electron chi connectivity index (χ1n) is 6.39. The number of hydrogen-bond acceptors (Lipinski definition) is 5. The SMILES string of the molecule is N#CC1CN(CCOc2cccc(C(=O)O)c2)CCO1. The van der Waals surface area contributed by atoms with Gasteiger partial charge < -0.3 is 14.6 Å². The zero-order valence-electron chi connectivity index (χ0n) is 11.0. The number of carboxylic acid groups (broad SMARTS) is 1. The first kappa shape index (κ1) is 14.3. The van der Waals surface area contributed by atoms with Crippen LogP contribution in [-0.2, 0) is 4.74 Å². The fraction of sp³-hybridized carbons (Fsp3) is 0.429. The number of benzene rings is 1. The fourth-order valence-electron chi connectivity index (χ4n) is 2.00. The number of aromatic carboxylic acids is 1. The van der Waals surface area contributed by atoms with Crippen LogP contribution in [0.25, 0.3) is 0 Å². The Labute approximate surface area is 117 Å². The van der Waals surface area contributed by atoms with Gasteiger partial charge >= 0.3 is 5.97 Å². The van der Waals surface area contributed by atoms with Gasteiger partial charge in [-0.3, -0.25) is 4.90 Å².